The van der Waals surface area contributed by atoms with E-state index >= 15 is 0 Å². The molecule has 1 aliphatic heterocycles. The molecule has 1 saturated heterocycles. The van der Waals surface area contributed by atoms with Crippen molar-refractivity contribution >= 4 is 5.91 Å². The fraction of sp³-hybridized carbons (Fsp3) is 0.591. The zero-order valence-electron chi connectivity index (χ0n) is 15.9. The highest BCUT2D eigenvalue weighted by Gasteiger charge is 2.24. The molecular formula is C22H32N2O2. The number of aliphatic hydroxyl groups excluding tert-OH is 1. The van der Waals surface area contributed by atoms with E-state index < -0.39 is 6.10 Å². The Kier molecular flexibility index (Phi) is 6.86. The average Bonchev–Trinajstić information content (AvgIpc) is 3.17. The lowest BCUT2D eigenvalue weighted by molar-refractivity contribution is -0.131. The fourth-order valence-electron chi connectivity index (χ4n) is 4.11. The summed E-state index contributed by atoms with van der Waals surface area (Å²) in [7, 11) is 1.95. The Bertz CT molecular complexity index is 593. The number of amides is 1. The van der Waals surface area contributed by atoms with Gasteiger partial charge in [0.05, 0.1) is 6.10 Å². The zero-order chi connectivity index (χ0) is 18.4. The lowest BCUT2D eigenvalue weighted by Crippen LogP contribution is -2.41. The molecule has 4 heteroatoms. The van der Waals surface area contributed by atoms with Crippen LogP contribution in [0.1, 0.15) is 43.8 Å². The minimum atomic E-state index is -0.420. The first-order valence-electron chi connectivity index (χ1n) is 9.98. The molecule has 0 bridgehead atoms. The van der Waals surface area contributed by atoms with Crippen LogP contribution in [0, 0.1) is 11.8 Å². The van der Waals surface area contributed by atoms with Gasteiger partial charge in [-0.05, 0) is 56.2 Å². The van der Waals surface area contributed by atoms with Gasteiger partial charge in [0.25, 0.3) is 0 Å². The van der Waals surface area contributed by atoms with E-state index in [1.54, 1.807) is 0 Å². The van der Waals surface area contributed by atoms with Crippen molar-refractivity contribution < 1.29 is 9.90 Å². The molecule has 142 valence electrons. The minimum absolute atomic E-state index is 0.281. The summed E-state index contributed by atoms with van der Waals surface area (Å²) in [5.41, 5.74) is 0.987. The van der Waals surface area contributed by atoms with E-state index in [9.17, 15) is 9.90 Å². The van der Waals surface area contributed by atoms with Gasteiger partial charge in [-0.1, -0.05) is 42.5 Å². The van der Waals surface area contributed by atoms with E-state index in [2.05, 4.69) is 17.1 Å². The third kappa shape index (κ3) is 5.42. The van der Waals surface area contributed by atoms with Gasteiger partial charge in [-0.25, -0.2) is 0 Å². The van der Waals surface area contributed by atoms with E-state index in [1.165, 1.54) is 0 Å². The molecule has 2 unspecified atom stereocenters. The quantitative estimate of drug-likeness (QED) is 0.763. The maximum Gasteiger partial charge on any atom is 0.222 e. The van der Waals surface area contributed by atoms with Crippen LogP contribution in [0.25, 0.3) is 0 Å². The first-order valence-corrected chi connectivity index (χ1v) is 9.98. The molecule has 0 aromatic heterocycles. The minimum Gasteiger partial charge on any atom is -0.387 e. The van der Waals surface area contributed by atoms with E-state index in [0.29, 0.717) is 24.8 Å². The van der Waals surface area contributed by atoms with Gasteiger partial charge in [0, 0.05) is 26.6 Å². The van der Waals surface area contributed by atoms with Crippen LogP contribution in [0.4, 0.5) is 0 Å². The number of carbonyl (C=O) groups is 1. The van der Waals surface area contributed by atoms with Crippen molar-refractivity contribution in [2.45, 2.75) is 38.2 Å². The van der Waals surface area contributed by atoms with Gasteiger partial charge in [-0.2, -0.15) is 0 Å². The number of nitrogens with zero attached hydrogens (tertiary/aromatic N) is 2. The Hall–Kier alpha value is -1.65. The number of aliphatic hydroxyl groups is 1. The van der Waals surface area contributed by atoms with Crippen LogP contribution in [0.3, 0.4) is 0 Å². The van der Waals surface area contributed by atoms with E-state index in [1.807, 2.05) is 42.3 Å². The summed E-state index contributed by atoms with van der Waals surface area (Å²) in [5, 5.41) is 10.4. The third-order valence-corrected chi connectivity index (χ3v) is 5.83. The number of hydrogen-bond donors (Lipinski definition) is 1. The van der Waals surface area contributed by atoms with Gasteiger partial charge in [0.1, 0.15) is 0 Å². The number of carbonyl (C=O) groups excluding carboxylic acids is 1. The van der Waals surface area contributed by atoms with Crippen molar-refractivity contribution in [2.75, 3.05) is 33.2 Å². The molecule has 0 saturated carbocycles. The Labute approximate surface area is 157 Å². The first kappa shape index (κ1) is 19.1. The molecule has 1 heterocycles. The monoisotopic (exact) mass is 356 g/mol. The molecule has 0 spiro atoms. The predicted octanol–water partition coefficient (Wildman–Crippen LogP) is 3.25. The topological polar surface area (TPSA) is 43.8 Å². The largest absolute Gasteiger partial charge is 0.387 e. The summed E-state index contributed by atoms with van der Waals surface area (Å²) < 4.78 is 0. The molecule has 26 heavy (non-hydrogen) atoms. The molecule has 1 N–H and O–H groups in total. The molecule has 2 atom stereocenters. The molecule has 1 fully saturated rings. The molecule has 2 aliphatic rings. The van der Waals surface area contributed by atoms with Crippen LogP contribution in [-0.4, -0.2) is 54.0 Å². The number of piperidine rings is 1. The Morgan fingerprint density at radius 1 is 1.23 bits per heavy atom. The number of rotatable bonds is 7. The second kappa shape index (κ2) is 9.33. The maximum atomic E-state index is 12.4. The van der Waals surface area contributed by atoms with Crippen LogP contribution in [-0.2, 0) is 4.79 Å². The predicted molar refractivity (Wildman–Crippen MR) is 105 cm³/mol. The van der Waals surface area contributed by atoms with Crippen LogP contribution in [0.2, 0.25) is 0 Å². The van der Waals surface area contributed by atoms with Gasteiger partial charge in [0.2, 0.25) is 5.91 Å². The van der Waals surface area contributed by atoms with Crippen LogP contribution in [0.5, 0.6) is 0 Å². The van der Waals surface area contributed by atoms with Crippen molar-refractivity contribution in [3.05, 3.63) is 48.0 Å². The van der Waals surface area contributed by atoms with Crippen molar-refractivity contribution in [3.63, 3.8) is 0 Å². The Morgan fingerprint density at radius 2 is 1.96 bits per heavy atom. The second-order valence-corrected chi connectivity index (χ2v) is 7.91. The van der Waals surface area contributed by atoms with Crippen molar-refractivity contribution in [1.29, 1.82) is 0 Å². The summed E-state index contributed by atoms with van der Waals surface area (Å²) in [4.78, 5) is 16.7. The molecular weight excluding hydrogens is 324 g/mol. The Morgan fingerprint density at radius 3 is 2.62 bits per heavy atom. The lowest BCUT2D eigenvalue weighted by Gasteiger charge is -2.35. The summed E-state index contributed by atoms with van der Waals surface area (Å²) >= 11 is 0. The summed E-state index contributed by atoms with van der Waals surface area (Å²) in [5.74, 6) is 1.31. The van der Waals surface area contributed by atoms with Crippen molar-refractivity contribution in [1.82, 2.24) is 9.80 Å². The van der Waals surface area contributed by atoms with Gasteiger partial charge in [-0.3, -0.25) is 4.79 Å². The summed E-state index contributed by atoms with van der Waals surface area (Å²) in [6, 6.07) is 9.88. The molecule has 1 aromatic carbocycles. The molecule has 3 rings (SSSR count). The van der Waals surface area contributed by atoms with Crippen molar-refractivity contribution in [2.24, 2.45) is 11.8 Å². The van der Waals surface area contributed by atoms with Gasteiger partial charge in [-0.15, -0.1) is 0 Å². The van der Waals surface area contributed by atoms with Gasteiger partial charge < -0.3 is 14.9 Å². The highest BCUT2D eigenvalue weighted by Crippen LogP contribution is 2.24. The highest BCUT2D eigenvalue weighted by atomic mass is 16.3. The highest BCUT2D eigenvalue weighted by molar-refractivity contribution is 5.76. The number of hydrogen-bond acceptors (Lipinski definition) is 3. The molecule has 0 radical (unpaired) electrons. The zero-order valence-corrected chi connectivity index (χ0v) is 15.9. The van der Waals surface area contributed by atoms with Gasteiger partial charge in [0.15, 0.2) is 0 Å². The van der Waals surface area contributed by atoms with Gasteiger partial charge >= 0.3 is 0 Å². The Balaban J connectivity index is 1.38. The summed E-state index contributed by atoms with van der Waals surface area (Å²) in [6.07, 6.45) is 9.08. The van der Waals surface area contributed by atoms with Crippen LogP contribution >= 0.6 is 0 Å². The molecule has 4 nitrogen and oxygen atoms in total. The van der Waals surface area contributed by atoms with Crippen molar-refractivity contribution in [3.8, 4) is 0 Å². The van der Waals surface area contributed by atoms with E-state index in [-0.39, 0.29) is 5.91 Å². The number of β-amino-alcohol motifs (C(OH)–C–C–N with tert-alkyl or cyclic N) is 1. The SMILES string of the molecule is CN(CC1CCN(CC(O)c2ccccc2)CC1)C(=O)CC1C=CCC1. The maximum absolute atomic E-state index is 12.4. The molecule has 1 amide bonds. The summed E-state index contributed by atoms with van der Waals surface area (Å²) in [6.45, 7) is 3.56. The smallest absolute Gasteiger partial charge is 0.222 e. The van der Waals surface area contributed by atoms with Crippen LogP contribution < -0.4 is 0 Å². The lowest BCUT2D eigenvalue weighted by atomic mass is 9.95. The number of benzene rings is 1. The second-order valence-electron chi connectivity index (χ2n) is 7.91. The number of allylic oxidation sites excluding steroid dienone is 2. The first-order chi connectivity index (χ1) is 12.6. The van der Waals surface area contributed by atoms with Crippen LogP contribution in [0.15, 0.2) is 42.5 Å². The average molecular weight is 357 g/mol. The standard InChI is InChI=1S/C22H32N2O2/c1-23(22(26)15-18-7-5-6-8-18)16-19-11-13-24(14-12-19)17-21(25)20-9-3-2-4-10-20/h2-5,7,9-10,18-19,21,25H,6,8,11-17H2,1H3. The fourth-order valence-corrected chi connectivity index (χ4v) is 4.11. The molecule has 1 aromatic rings. The third-order valence-electron chi connectivity index (χ3n) is 5.83. The van der Waals surface area contributed by atoms with E-state index in [0.717, 1.165) is 50.9 Å². The van der Waals surface area contributed by atoms with E-state index in [4.69, 9.17) is 0 Å². The number of likely N-dealkylation sites (tertiary alicyclic amines) is 1. The molecule has 1 aliphatic carbocycles. The normalized spacial score (nSPS) is 22.5.